The van der Waals surface area contributed by atoms with Crippen molar-refractivity contribution in [3.05, 3.63) is 23.8 Å². The molecular weight excluding hydrogens is 496 g/mol. The summed E-state index contributed by atoms with van der Waals surface area (Å²) >= 11 is 0. The number of rotatable bonds is 10. The number of phenols is 1. The minimum atomic E-state index is -1.43. The number of cyclic esters (lactones) is 2. The summed E-state index contributed by atoms with van der Waals surface area (Å²) in [7, 11) is 0. The van der Waals surface area contributed by atoms with Crippen LogP contribution in [0.15, 0.2) is 18.2 Å². The van der Waals surface area contributed by atoms with E-state index in [-0.39, 0.29) is 17.2 Å². The number of esters is 3. The summed E-state index contributed by atoms with van der Waals surface area (Å²) in [5.74, 6) is -4.51. The molecule has 0 unspecified atom stereocenters. The molecule has 1 saturated heterocycles. The van der Waals surface area contributed by atoms with E-state index in [0.29, 0.717) is 25.7 Å². The molecule has 1 aliphatic heterocycles. The minimum absolute atomic E-state index is 0.00301. The molecule has 0 bridgehead atoms. The maximum atomic E-state index is 13.3. The fourth-order valence-corrected chi connectivity index (χ4v) is 4.01. The first-order chi connectivity index (χ1) is 17.9. The molecule has 11 heteroatoms. The number of carbonyl (C=O) groups excluding carboxylic acids is 5. The zero-order valence-corrected chi connectivity index (χ0v) is 22.7. The van der Waals surface area contributed by atoms with E-state index in [0.717, 1.165) is 0 Å². The topological polar surface area (TPSA) is 157 Å². The SMILES string of the molecule is CC[C@@H](C)C(=O)O[C@H]1[C@H](C)OC(=O)[C@@H](NC(=O)c2cccc(NC=O)c2O)[C@@H](C)OC(=O)[C@@H]1CCC(C)C. The fourth-order valence-electron chi connectivity index (χ4n) is 4.01. The molecule has 0 aromatic heterocycles. The summed E-state index contributed by atoms with van der Waals surface area (Å²) in [6.07, 6.45) is -1.39. The molecule has 2 rings (SSSR count). The Kier molecular flexibility index (Phi) is 11.1. The summed E-state index contributed by atoms with van der Waals surface area (Å²) in [5, 5.41) is 15.1. The summed E-state index contributed by atoms with van der Waals surface area (Å²) < 4.78 is 16.9. The Hall–Kier alpha value is -3.63. The van der Waals surface area contributed by atoms with Gasteiger partial charge in [-0.1, -0.05) is 40.2 Å². The van der Waals surface area contributed by atoms with E-state index in [1.165, 1.54) is 32.0 Å². The standard InChI is InChI=1S/C27H38N2O9/c1-7-15(4)25(33)38-23-17(6)37-27(35)21(16(5)36-26(34)19(23)12-11-14(2)3)29-24(32)18-9-8-10-20(22(18)31)28-13-30/h8-10,13-17,19,21,23,31H,7,11-12H2,1-6H3,(H,28,30)(H,29,32)/t15-,16-,17+,19-,21+,23+/m1/s1. The third-order valence-electron chi connectivity index (χ3n) is 6.59. The number of aromatic hydroxyl groups is 1. The first kappa shape index (κ1) is 30.6. The van der Waals surface area contributed by atoms with E-state index < -0.39 is 65.8 Å². The highest BCUT2D eigenvalue weighted by Gasteiger charge is 2.44. The van der Waals surface area contributed by atoms with E-state index in [4.69, 9.17) is 14.2 Å². The van der Waals surface area contributed by atoms with Gasteiger partial charge < -0.3 is 30.0 Å². The molecular formula is C27H38N2O9. The predicted octanol–water partition coefficient (Wildman–Crippen LogP) is 2.95. The molecule has 210 valence electrons. The van der Waals surface area contributed by atoms with Crippen molar-refractivity contribution >= 4 is 35.9 Å². The minimum Gasteiger partial charge on any atom is -0.505 e. The summed E-state index contributed by atoms with van der Waals surface area (Å²) in [4.78, 5) is 62.9. The molecule has 0 spiro atoms. The van der Waals surface area contributed by atoms with E-state index >= 15 is 0 Å². The van der Waals surface area contributed by atoms with E-state index in [2.05, 4.69) is 10.6 Å². The quantitative estimate of drug-likeness (QED) is 0.178. The number of nitrogens with one attached hydrogen (secondary N) is 2. The second-order valence-electron chi connectivity index (χ2n) is 9.99. The maximum Gasteiger partial charge on any atom is 0.332 e. The first-order valence-electron chi connectivity index (χ1n) is 12.9. The largest absolute Gasteiger partial charge is 0.505 e. The van der Waals surface area contributed by atoms with Crippen LogP contribution in [0.4, 0.5) is 5.69 Å². The Labute approximate surface area is 222 Å². The molecule has 1 aromatic carbocycles. The van der Waals surface area contributed by atoms with E-state index in [9.17, 15) is 29.1 Å². The van der Waals surface area contributed by atoms with Crippen molar-refractivity contribution in [3.63, 3.8) is 0 Å². The average molecular weight is 535 g/mol. The Morgan fingerprint density at radius 1 is 1.11 bits per heavy atom. The molecule has 0 aliphatic carbocycles. The number of benzene rings is 1. The van der Waals surface area contributed by atoms with Gasteiger partial charge in [-0.05, 0) is 44.7 Å². The third-order valence-corrected chi connectivity index (χ3v) is 6.59. The van der Waals surface area contributed by atoms with Crippen LogP contribution in [-0.4, -0.2) is 59.7 Å². The van der Waals surface area contributed by atoms with Crippen LogP contribution in [-0.2, 0) is 33.4 Å². The number of carbonyl (C=O) groups is 5. The lowest BCUT2D eigenvalue weighted by Crippen LogP contribution is -2.50. The van der Waals surface area contributed by atoms with Gasteiger partial charge in [0, 0.05) is 0 Å². The van der Waals surface area contributed by atoms with Gasteiger partial charge in [0.2, 0.25) is 6.41 Å². The highest BCUT2D eigenvalue weighted by atomic mass is 16.6. The average Bonchev–Trinajstić information content (AvgIpc) is 2.88. The lowest BCUT2D eigenvalue weighted by Gasteiger charge is -2.30. The van der Waals surface area contributed by atoms with Crippen LogP contribution in [0.2, 0.25) is 0 Å². The zero-order valence-electron chi connectivity index (χ0n) is 22.7. The second kappa shape index (κ2) is 13.8. The second-order valence-corrected chi connectivity index (χ2v) is 9.99. The highest BCUT2D eigenvalue weighted by Crippen LogP contribution is 2.29. The fraction of sp³-hybridized carbons (Fsp3) is 0.593. The highest BCUT2D eigenvalue weighted by molar-refractivity contribution is 6.01. The van der Waals surface area contributed by atoms with Crippen molar-refractivity contribution in [2.45, 2.75) is 85.2 Å². The lowest BCUT2D eigenvalue weighted by molar-refractivity contribution is -0.177. The van der Waals surface area contributed by atoms with Gasteiger partial charge in [-0.3, -0.25) is 19.2 Å². The molecule has 1 heterocycles. The summed E-state index contributed by atoms with van der Waals surface area (Å²) in [6, 6.07) is 2.69. The maximum absolute atomic E-state index is 13.3. The molecule has 2 amide bonds. The first-order valence-corrected chi connectivity index (χ1v) is 12.9. The molecule has 3 N–H and O–H groups in total. The van der Waals surface area contributed by atoms with Gasteiger partial charge in [0.1, 0.15) is 12.2 Å². The molecule has 1 aliphatic rings. The third kappa shape index (κ3) is 7.69. The van der Waals surface area contributed by atoms with Crippen LogP contribution in [0.3, 0.4) is 0 Å². The van der Waals surface area contributed by atoms with Crippen LogP contribution in [0.5, 0.6) is 5.75 Å². The van der Waals surface area contributed by atoms with Crippen LogP contribution in [0.1, 0.15) is 71.2 Å². The molecule has 6 atom stereocenters. The van der Waals surface area contributed by atoms with E-state index in [1.807, 2.05) is 20.8 Å². The molecule has 11 nitrogen and oxygen atoms in total. The summed E-state index contributed by atoms with van der Waals surface area (Å²) in [6.45, 7) is 10.5. The number of amides is 2. The van der Waals surface area contributed by atoms with Gasteiger partial charge in [0.05, 0.1) is 23.1 Å². The number of ether oxygens (including phenoxy) is 3. The van der Waals surface area contributed by atoms with Crippen LogP contribution in [0.25, 0.3) is 0 Å². The number of hydrogen-bond acceptors (Lipinski definition) is 9. The normalized spacial score (nSPS) is 24.7. The zero-order chi connectivity index (χ0) is 28.6. The number of hydrogen-bond donors (Lipinski definition) is 3. The van der Waals surface area contributed by atoms with Crippen molar-refractivity contribution in [1.29, 1.82) is 0 Å². The van der Waals surface area contributed by atoms with Crippen molar-refractivity contribution in [1.82, 2.24) is 5.32 Å². The van der Waals surface area contributed by atoms with E-state index in [1.54, 1.807) is 6.92 Å². The molecule has 1 aromatic rings. The number of phenolic OH excluding ortho intramolecular Hbond substituents is 1. The molecule has 38 heavy (non-hydrogen) atoms. The van der Waals surface area contributed by atoms with Crippen LogP contribution >= 0.6 is 0 Å². The Bertz CT molecular complexity index is 1030. The molecule has 1 fully saturated rings. The monoisotopic (exact) mass is 534 g/mol. The van der Waals surface area contributed by atoms with Gasteiger partial charge in [0.15, 0.2) is 17.9 Å². The van der Waals surface area contributed by atoms with Crippen molar-refractivity contribution < 1.29 is 43.3 Å². The number of anilines is 1. The van der Waals surface area contributed by atoms with Gasteiger partial charge in [-0.25, -0.2) is 4.79 Å². The summed E-state index contributed by atoms with van der Waals surface area (Å²) in [5.41, 5.74) is -0.219. The van der Waals surface area contributed by atoms with Crippen LogP contribution < -0.4 is 10.6 Å². The Morgan fingerprint density at radius 2 is 1.76 bits per heavy atom. The van der Waals surface area contributed by atoms with Gasteiger partial charge in [-0.15, -0.1) is 0 Å². The van der Waals surface area contributed by atoms with Gasteiger partial charge >= 0.3 is 17.9 Å². The Morgan fingerprint density at radius 3 is 2.37 bits per heavy atom. The van der Waals surface area contributed by atoms with Gasteiger partial charge in [0.25, 0.3) is 5.91 Å². The van der Waals surface area contributed by atoms with Crippen LogP contribution in [0, 0.1) is 17.8 Å². The molecule has 0 saturated carbocycles. The number of para-hydroxylation sites is 1. The Balaban J connectivity index is 2.37. The lowest BCUT2D eigenvalue weighted by atomic mass is 9.90. The molecule has 0 radical (unpaired) electrons. The van der Waals surface area contributed by atoms with Crippen molar-refractivity contribution in [3.8, 4) is 5.75 Å². The predicted molar refractivity (Wildman–Crippen MR) is 137 cm³/mol. The van der Waals surface area contributed by atoms with Gasteiger partial charge in [-0.2, -0.15) is 0 Å². The smallest absolute Gasteiger partial charge is 0.332 e. The van der Waals surface area contributed by atoms with Crippen molar-refractivity contribution in [2.75, 3.05) is 5.32 Å². The van der Waals surface area contributed by atoms with Crippen molar-refractivity contribution in [2.24, 2.45) is 17.8 Å².